The van der Waals surface area contributed by atoms with E-state index < -0.39 is 0 Å². The molecule has 1 aromatic rings. The van der Waals surface area contributed by atoms with Crippen LogP contribution in [0.1, 0.15) is 40.6 Å². The third kappa shape index (κ3) is 4.73. The fourth-order valence-electron chi connectivity index (χ4n) is 2.56. The second-order valence-electron chi connectivity index (χ2n) is 5.38. The zero-order chi connectivity index (χ0) is 14.5. The molecule has 1 aliphatic rings. The maximum Gasteiger partial charge on any atom is 0.253 e. The average molecular weight is 316 g/mol. The number of carbonyl (C=O) groups excluding carboxylic acids is 1. The Kier molecular flexibility index (Phi) is 7.22. The quantitative estimate of drug-likeness (QED) is 0.720. The highest BCUT2D eigenvalue weighted by atomic mass is 35.5. The molecule has 21 heavy (non-hydrogen) atoms. The lowest BCUT2D eigenvalue weighted by Crippen LogP contribution is -2.33. The molecule has 0 saturated heterocycles. The normalized spacial score (nSPS) is 13.9. The van der Waals surface area contributed by atoms with Crippen molar-refractivity contribution in [1.82, 2.24) is 15.2 Å². The number of halogens is 1. The van der Waals surface area contributed by atoms with Crippen LogP contribution in [-0.4, -0.2) is 43.8 Å². The van der Waals surface area contributed by atoms with Crippen LogP contribution >= 0.6 is 12.4 Å². The molecule has 2 N–H and O–H groups in total. The lowest BCUT2D eigenvalue weighted by molar-refractivity contribution is 0.0953. The first-order chi connectivity index (χ1) is 9.65. The highest BCUT2D eigenvalue weighted by Crippen LogP contribution is 2.38. The molecule has 0 aliphatic heterocycles. The van der Waals surface area contributed by atoms with Crippen LogP contribution in [0.15, 0.2) is 6.07 Å². The van der Waals surface area contributed by atoms with Crippen LogP contribution in [-0.2, 0) is 4.74 Å². The predicted molar refractivity (Wildman–Crippen MR) is 86.5 cm³/mol. The van der Waals surface area contributed by atoms with Crippen LogP contribution in [0.2, 0.25) is 0 Å². The molecule has 0 radical (unpaired) electrons. The van der Waals surface area contributed by atoms with Gasteiger partial charge in [-0.05, 0) is 32.8 Å². The molecule has 1 fully saturated rings. The number of rotatable bonds is 8. The zero-order valence-electron chi connectivity index (χ0n) is 13.1. The number of hydrogen-bond acceptors (Lipinski definition) is 3. The van der Waals surface area contributed by atoms with Gasteiger partial charge in [-0.25, -0.2) is 0 Å². The Hall–Kier alpha value is -1.04. The molecule has 1 aromatic heterocycles. The summed E-state index contributed by atoms with van der Waals surface area (Å²) in [6, 6.07) is 2.62. The van der Waals surface area contributed by atoms with Crippen molar-refractivity contribution in [3.8, 4) is 0 Å². The summed E-state index contributed by atoms with van der Waals surface area (Å²) in [4.78, 5) is 12.2. The standard InChI is InChI=1S/C15H25N3O2.ClH/c1-11-10-14(12(2)18(11)13-4-5-13)15(19)17-7-6-16-8-9-20-3;/h10,13,16H,4-9H2,1-3H3,(H,17,19);1H. The van der Waals surface area contributed by atoms with Gasteiger partial charge in [0.1, 0.15) is 0 Å². The fraction of sp³-hybridized carbons (Fsp3) is 0.667. The first-order valence-electron chi connectivity index (χ1n) is 7.31. The molecule has 0 aromatic carbocycles. The minimum Gasteiger partial charge on any atom is -0.383 e. The molecule has 1 heterocycles. The molecule has 0 unspecified atom stereocenters. The van der Waals surface area contributed by atoms with Gasteiger partial charge in [0.25, 0.3) is 5.91 Å². The van der Waals surface area contributed by atoms with Crippen LogP contribution in [0.25, 0.3) is 0 Å². The van der Waals surface area contributed by atoms with Crippen LogP contribution in [0.4, 0.5) is 0 Å². The van der Waals surface area contributed by atoms with E-state index in [9.17, 15) is 4.79 Å². The number of amides is 1. The van der Waals surface area contributed by atoms with Crippen molar-refractivity contribution >= 4 is 18.3 Å². The van der Waals surface area contributed by atoms with Crippen LogP contribution in [0.5, 0.6) is 0 Å². The Labute approximate surface area is 132 Å². The van der Waals surface area contributed by atoms with E-state index in [-0.39, 0.29) is 18.3 Å². The van der Waals surface area contributed by atoms with Crippen LogP contribution in [0, 0.1) is 13.8 Å². The second kappa shape index (κ2) is 8.41. The summed E-state index contributed by atoms with van der Waals surface area (Å²) in [5.41, 5.74) is 3.09. The summed E-state index contributed by atoms with van der Waals surface area (Å²) >= 11 is 0. The summed E-state index contributed by atoms with van der Waals surface area (Å²) in [6.07, 6.45) is 2.47. The van der Waals surface area contributed by atoms with Crippen molar-refractivity contribution in [2.24, 2.45) is 0 Å². The monoisotopic (exact) mass is 315 g/mol. The van der Waals surface area contributed by atoms with Crippen molar-refractivity contribution < 1.29 is 9.53 Å². The number of aromatic nitrogens is 1. The minimum atomic E-state index is 0. The molecule has 5 nitrogen and oxygen atoms in total. The van der Waals surface area contributed by atoms with Crippen LogP contribution < -0.4 is 10.6 Å². The summed E-state index contributed by atoms with van der Waals surface area (Å²) in [5, 5.41) is 6.17. The topological polar surface area (TPSA) is 55.3 Å². The van der Waals surface area contributed by atoms with Crippen LogP contribution in [0.3, 0.4) is 0 Å². The number of hydrogen-bond donors (Lipinski definition) is 2. The molecular weight excluding hydrogens is 290 g/mol. The first kappa shape index (κ1) is 18.0. The van der Waals surface area contributed by atoms with Gasteiger partial charge in [0.2, 0.25) is 0 Å². The Morgan fingerprint density at radius 1 is 1.33 bits per heavy atom. The third-order valence-corrected chi connectivity index (χ3v) is 3.71. The van der Waals surface area contributed by atoms with E-state index in [0.29, 0.717) is 19.2 Å². The van der Waals surface area contributed by atoms with E-state index in [1.54, 1.807) is 7.11 Å². The van der Waals surface area contributed by atoms with Gasteiger partial charge in [0.15, 0.2) is 0 Å². The zero-order valence-corrected chi connectivity index (χ0v) is 13.9. The largest absolute Gasteiger partial charge is 0.383 e. The van der Waals surface area contributed by atoms with Gasteiger partial charge in [-0.15, -0.1) is 12.4 Å². The van der Waals surface area contributed by atoms with Crippen molar-refractivity contribution in [1.29, 1.82) is 0 Å². The molecule has 0 spiro atoms. The van der Waals surface area contributed by atoms with Crippen molar-refractivity contribution in [3.05, 3.63) is 23.0 Å². The highest BCUT2D eigenvalue weighted by molar-refractivity contribution is 5.95. The molecule has 1 amide bonds. The van der Waals surface area contributed by atoms with Gasteiger partial charge < -0.3 is 19.9 Å². The molecule has 120 valence electrons. The van der Waals surface area contributed by atoms with Gasteiger partial charge in [-0.2, -0.15) is 0 Å². The summed E-state index contributed by atoms with van der Waals surface area (Å²) in [6.45, 7) is 7.01. The Morgan fingerprint density at radius 3 is 2.67 bits per heavy atom. The van der Waals surface area contributed by atoms with E-state index in [4.69, 9.17) is 4.74 Å². The molecule has 1 aliphatic carbocycles. The van der Waals surface area contributed by atoms with E-state index in [1.807, 2.05) is 13.0 Å². The average Bonchev–Trinajstić information content (AvgIpc) is 3.20. The number of nitrogens with one attached hydrogen (secondary N) is 2. The molecular formula is C15H26ClN3O2. The number of carbonyl (C=O) groups is 1. The van der Waals surface area contributed by atoms with E-state index in [2.05, 4.69) is 22.1 Å². The van der Waals surface area contributed by atoms with Crippen molar-refractivity contribution in [3.63, 3.8) is 0 Å². The number of nitrogens with zero attached hydrogens (tertiary/aromatic N) is 1. The fourth-order valence-corrected chi connectivity index (χ4v) is 2.56. The van der Waals surface area contributed by atoms with Gasteiger partial charge in [0, 0.05) is 44.2 Å². The van der Waals surface area contributed by atoms with Gasteiger partial charge in [-0.3, -0.25) is 4.79 Å². The summed E-state index contributed by atoms with van der Waals surface area (Å²) < 4.78 is 7.24. The van der Waals surface area contributed by atoms with Gasteiger partial charge in [0.05, 0.1) is 12.2 Å². The lowest BCUT2D eigenvalue weighted by atomic mass is 10.2. The summed E-state index contributed by atoms with van der Waals surface area (Å²) in [7, 11) is 1.68. The van der Waals surface area contributed by atoms with Crippen molar-refractivity contribution in [2.45, 2.75) is 32.7 Å². The Morgan fingerprint density at radius 2 is 2.05 bits per heavy atom. The molecule has 6 heteroatoms. The summed E-state index contributed by atoms with van der Waals surface area (Å²) in [5.74, 6) is 0.0264. The SMILES string of the molecule is COCCNCCNC(=O)c1cc(C)n(C2CC2)c1C.Cl. The lowest BCUT2D eigenvalue weighted by Gasteiger charge is -2.08. The smallest absolute Gasteiger partial charge is 0.253 e. The molecule has 0 atom stereocenters. The second-order valence-corrected chi connectivity index (χ2v) is 5.38. The van der Waals surface area contributed by atoms with E-state index in [0.717, 1.165) is 24.3 Å². The maximum atomic E-state index is 12.2. The first-order valence-corrected chi connectivity index (χ1v) is 7.31. The van der Waals surface area contributed by atoms with Gasteiger partial charge in [-0.1, -0.05) is 0 Å². The van der Waals surface area contributed by atoms with Gasteiger partial charge >= 0.3 is 0 Å². The number of methoxy groups -OCH3 is 1. The predicted octanol–water partition coefficient (Wildman–Crippen LogP) is 1.83. The minimum absolute atomic E-state index is 0. The Balaban J connectivity index is 0.00000220. The number of aryl methyl sites for hydroxylation is 1. The van der Waals surface area contributed by atoms with Crippen molar-refractivity contribution in [2.75, 3.05) is 33.4 Å². The molecule has 0 bridgehead atoms. The highest BCUT2D eigenvalue weighted by Gasteiger charge is 2.28. The maximum absolute atomic E-state index is 12.2. The molecule has 1 saturated carbocycles. The number of ether oxygens (including phenoxy) is 1. The third-order valence-electron chi connectivity index (χ3n) is 3.71. The Bertz CT molecular complexity index is 470. The molecule has 2 rings (SSSR count). The van der Waals surface area contributed by atoms with E-state index in [1.165, 1.54) is 18.5 Å². The van der Waals surface area contributed by atoms with E-state index >= 15 is 0 Å².